The molecule has 3 fully saturated rings. The van der Waals surface area contributed by atoms with E-state index in [4.69, 9.17) is 11.6 Å². The largest absolute Gasteiger partial charge is 0.351 e. The number of sulfonamides is 1. The number of nitrogens with zero attached hydrogens (tertiary/aromatic N) is 7. The Bertz CT molecular complexity index is 1920. The van der Waals surface area contributed by atoms with Crippen molar-refractivity contribution in [3.63, 3.8) is 0 Å². The fourth-order valence-electron chi connectivity index (χ4n) is 6.88. The fraction of sp³-hybridized carbons (Fsp3) is 0.424. The number of nitrogens with one attached hydrogen (secondary N) is 2. The average Bonchev–Trinajstić information content (AvgIpc) is 3.41. The maximum atomic E-state index is 13.4. The molecular weight excluding hydrogens is 654 g/mol. The molecule has 3 aliphatic rings. The summed E-state index contributed by atoms with van der Waals surface area (Å²) in [6.45, 7) is 3.81. The quantitative estimate of drug-likeness (QED) is 0.279. The summed E-state index contributed by atoms with van der Waals surface area (Å²) >= 11 is 5.86. The third kappa shape index (κ3) is 6.75. The lowest BCUT2D eigenvalue weighted by molar-refractivity contribution is -0.120. The van der Waals surface area contributed by atoms with E-state index in [1.54, 1.807) is 21.1 Å². The number of carbonyl (C=O) groups excluding carboxylic acids is 2. The minimum atomic E-state index is -3.58. The van der Waals surface area contributed by atoms with Crippen molar-refractivity contribution in [2.75, 3.05) is 42.9 Å². The van der Waals surface area contributed by atoms with Crippen molar-refractivity contribution in [2.45, 2.75) is 55.5 Å². The Balaban J connectivity index is 0.919. The van der Waals surface area contributed by atoms with Gasteiger partial charge in [0.2, 0.25) is 21.9 Å². The maximum Gasteiger partial charge on any atom is 0.329 e. The maximum absolute atomic E-state index is 13.4. The number of likely N-dealkylation sites (tertiary alicyclic amines) is 1. The summed E-state index contributed by atoms with van der Waals surface area (Å²) in [6.07, 6.45) is 6.67. The molecule has 48 heavy (non-hydrogen) atoms. The second kappa shape index (κ2) is 13.4. The van der Waals surface area contributed by atoms with Crippen LogP contribution in [0, 0.1) is 0 Å². The van der Waals surface area contributed by atoms with Gasteiger partial charge in [-0.25, -0.2) is 23.2 Å². The SMILES string of the molecule is Cn1nc(N2CCC(=O)NC2=O)c2ccc(C3CCN(Cc4ccc(S(=O)(=O)N5CCC(Nc6ncc(Cl)cn6)CC5)cc4)CC3)cc21. The first-order valence-corrected chi connectivity index (χ1v) is 18.1. The number of fused-ring (bicyclic) bond motifs is 1. The number of rotatable bonds is 8. The lowest BCUT2D eigenvalue weighted by atomic mass is 9.89. The molecule has 2 aromatic carbocycles. The number of anilines is 2. The highest BCUT2D eigenvalue weighted by Gasteiger charge is 2.31. The van der Waals surface area contributed by atoms with Gasteiger partial charge in [-0.3, -0.25) is 24.6 Å². The molecule has 7 rings (SSSR count). The van der Waals surface area contributed by atoms with Gasteiger partial charge in [-0.2, -0.15) is 9.40 Å². The predicted molar refractivity (Wildman–Crippen MR) is 182 cm³/mol. The van der Waals surface area contributed by atoms with Crippen LogP contribution in [0.25, 0.3) is 10.9 Å². The van der Waals surface area contributed by atoms with Crippen LogP contribution < -0.4 is 15.5 Å². The van der Waals surface area contributed by atoms with E-state index in [2.05, 4.69) is 42.7 Å². The highest BCUT2D eigenvalue weighted by molar-refractivity contribution is 7.89. The summed E-state index contributed by atoms with van der Waals surface area (Å²) in [7, 11) is -1.70. The van der Waals surface area contributed by atoms with Crippen LogP contribution in [0.4, 0.5) is 16.6 Å². The minimum Gasteiger partial charge on any atom is -0.351 e. The Morgan fingerprint density at radius 3 is 2.33 bits per heavy atom. The van der Waals surface area contributed by atoms with Gasteiger partial charge in [0.15, 0.2) is 5.82 Å². The van der Waals surface area contributed by atoms with Gasteiger partial charge in [-0.1, -0.05) is 29.8 Å². The molecule has 2 aromatic heterocycles. The van der Waals surface area contributed by atoms with Crippen LogP contribution in [0.3, 0.4) is 0 Å². The molecule has 3 aliphatic heterocycles. The second-order valence-electron chi connectivity index (χ2n) is 12.7. The molecule has 13 nitrogen and oxygen atoms in total. The number of amides is 3. The van der Waals surface area contributed by atoms with Crippen molar-refractivity contribution in [1.82, 2.24) is 34.3 Å². The van der Waals surface area contributed by atoms with Gasteiger partial charge in [0.1, 0.15) is 0 Å². The first kappa shape index (κ1) is 32.4. The number of aryl methyl sites for hydroxylation is 1. The molecule has 0 bridgehead atoms. The van der Waals surface area contributed by atoms with Gasteiger partial charge in [-0.05, 0) is 80.1 Å². The standard InChI is InChI=1S/C33H38ClN9O4S/c1-40-29-18-24(4-7-28(29)31(39-40)43-17-12-30(44)38-33(43)45)23-8-13-41(14-9-23)21-22-2-5-27(6-3-22)48(46,47)42-15-10-26(11-16-42)37-32-35-19-25(34)20-36-32/h2-7,18-20,23,26H,8-17,21H2,1H3,(H,35,36,37)(H,38,44,45). The van der Waals surface area contributed by atoms with Crippen LogP contribution in [0.1, 0.15) is 49.1 Å². The van der Waals surface area contributed by atoms with E-state index < -0.39 is 16.1 Å². The number of benzene rings is 2. The Hall–Kier alpha value is -4.11. The van der Waals surface area contributed by atoms with E-state index in [1.807, 2.05) is 25.2 Å². The lowest BCUT2D eigenvalue weighted by Crippen LogP contribution is -2.49. The van der Waals surface area contributed by atoms with E-state index in [0.717, 1.165) is 48.9 Å². The average molecular weight is 692 g/mol. The van der Waals surface area contributed by atoms with Crippen LogP contribution in [-0.4, -0.2) is 88.1 Å². The summed E-state index contributed by atoms with van der Waals surface area (Å²) < 4.78 is 30.1. The topological polar surface area (TPSA) is 146 Å². The second-order valence-corrected chi connectivity index (χ2v) is 15.1. The highest BCUT2D eigenvalue weighted by atomic mass is 35.5. The Morgan fingerprint density at radius 2 is 1.65 bits per heavy atom. The van der Waals surface area contributed by atoms with E-state index in [-0.39, 0.29) is 18.4 Å². The molecule has 0 atom stereocenters. The molecule has 0 saturated carbocycles. The molecule has 4 aromatic rings. The molecule has 0 aliphatic carbocycles. The summed E-state index contributed by atoms with van der Waals surface area (Å²) in [5.74, 6) is 1.21. The summed E-state index contributed by atoms with van der Waals surface area (Å²) in [4.78, 5) is 36.7. The zero-order valence-corrected chi connectivity index (χ0v) is 28.3. The normalized spacial score (nSPS) is 19.2. The Kier molecular flexibility index (Phi) is 9.07. The molecule has 3 amide bonds. The van der Waals surface area contributed by atoms with E-state index in [0.29, 0.717) is 60.1 Å². The van der Waals surface area contributed by atoms with E-state index in [9.17, 15) is 18.0 Å². The molecule has 3 saturated heterocycles. The zero-order chi connectivity index (χ0) is 33.4. The number of imide groups is 1. The van der Waals surface area contributed by atoms with Crippen molar-refractivity contribution in [1.29, 1.82) is 0 Å². The Morgan fingerprint density at radius 1 is 0.938 bits per heavy atom. The summed E-state index contributed by atoms with van der Waals surface area (Å²) in [6, 6.07) is 13.3. The van der Waals surface area contributed by atoms with Crippen LogP contribution >= 0.6 is 11.6 Å². The van der Waals surface area contributed by atoms with Gasteiger partial charge < -0.3 is 5.32 Å². The molecule has 0 radical (unpaired) electrons. The minimum absolute atomic E-state index is 0.0956. The number of aromatic nitrogens is 4. The van der Waals surface area contributed by atoms with E-state index in [1.165, 1.54) is 22.9 Å². The number of urea groups is 1. The van der Waals surface area contributed by atoms with Crippen LogP contribution in [0.15, 0.2) is 59.8 Å². The number of halogens is 1. The van der Waals surface area contributed by atoms with Crippen molar-refractivity contribution in [3.05, 3.63) is 71.0 Å². The molecule has 0 spiro atoms. The number of hydrogen-bond donors (Lipinski definition) is 2. The highest BCUT2D eigenvalue weighted by Crippen LogP contribution is 2.34. The van der Waals surface area contributed by atoms with Gasteiger partial charge in [-0.15, -0.1) is 0 Å². The third-order valence-electron chi connectivity index (χ3n) is 9.60. The zero-order valence-electron chi connectivity index (χ0n) is 26.7. The van der Waals surface area contributed by atoms with Crippen molar-refractivity contribution < 1.29 is 18.0 Å². The predicted octanol–water partition coefficient (Wildman–Crippen LogP) is 4.11. The van der Waals surface area contributed by atoms with Gasteiger partial charge >= 0.3 is 6.03 Å². The number of piperidine rings is 2. The van der Waals surface area contributed by atoms with Crippen molar-refractivity contribution >= 4 is 56.2 Å². The van der Waals surface area contributed by atoms with Crippen molar-refractivity contribution in [2.24, 2.45) is 7.05 Å². The fourth-order valence-corrected chi connectivity index (χ4v) is 8.45. The molecular formula is C33H38ClN9O4S. The molecule has 252 valence electrons. The monoisotopic (exact) mass is 691 g/mol. The third-order valence-corrected chi connectivity index (χ3v) is 11.7. The molecule has 5 heterocycles. The molecule has 0 unspecified atom stereocenters. The summed E-state index contributed by atoms with van der Waals surface area (Å²) in [5, 5.41) is 11.6. The number of hydrogen-bond acceptors (Lipinski definition) is 9. The molecule has 15 heteroatoms. The van der Waals surface area contributed by atoms with Crippen LogP contribution in [0.5, 0.6) is 0 Å². The van der Waals surface area contributed by atoms with Gasteiger partial charge in [0.25, 0.3) is 0 Å². The first-order chi connectivity index (χ1) is 23.1. The first-order valence-electron chi connectivity index (χ1n) is 16.3. The van der Waals surface area contributed by atoms with Crippen molar-refractivity contribution in [3.8, 4) is 0 Å². The van der Waals surface area contributed by atoms with Gasteiger partial charge in [0.05, 0.1) is 27.8 Å². The van der Waals surface area contributed by atoms with E-state index >= 15 is 0 Å². The Labute approximate surface area is 284 Å². The molecule has 2 N–H and O–H groups in total. The number of carbonyl (C=O) groups is 2. The smallest absolute Gasteiger partial charge is 0.329 e. The lowest BCUT2D eigenvalue weighted by Gasteiger charge is -2.32. The van der Waals surface area contributed by atoms with Gasteiger partial charge in [0, 0.05) is 51.1 Å². The summed E-state index contributed by atoms with van der Waals surface area (Å²) in [5.41, 5.74) is 3.30. The van der Waals surface area contributed by atoms with Crippen LogP contribution in [0.2, 0.25) is 5.02 Å². The van der Waals surface area contributed by atoms with Crippen LogP contribution in [-0.2, 0) is 28.4 Å².